The van der Waals surface area contributed by atoms with Crippen molar-refractivity contribution in [2.75, 3.05) is 13.1 Å². The molecule has 0 unspecified atom stereocenters. The first kappa shape index (κ1) is 25.5. The Hall–Kier alpha value is -2.72. The molecule has 0 aliphatic heterocycles. The highest BCUT2D eigenvalue weighted by atomic mass is 28.2. The van der Waals surface area contributed by atoms with Crippen LogP contribution in [0.5, 0.6) is 5.75 Å². The summed E-state index contributed by atoms with van der Waals surface area (Å²) in [5, 5.41) is 0.943. The minimum absolute atomic E-state index is 0.0364. The highest BCUT2D eigenvalue weighted by Gasteiger charge is 2.22. The summed E-state index contributed by atoms with van der Waals surface area (Å²) < 4.78 is 6.38. The second kappa shape index (κ2) is 11.8. The molecule has 0 heterocycles. The van der Waals surface area contributed by atoms with Crippen LogP contribution in [0.15, 0.2) is 60.7 Å². The first-order valence-electron chi connectivity index (χ1n) is 11.1. The molecular formula is C29H35NOSi. The van der Waals surface area contributed by atoms with Crippen LogP contribution >= 0.6 is 0 Å². The van der Waals surface area contributed by atoms with Crippen molar-refractivity contribution in [3.8, 4) is 29.9 Å². The Morgan fingerprint density at radius 3 is 2.41 bits per heavy atom. The molecule has 0 spiro atoms. The summed E-state index contributed by atoms with van der Waals surface area (Å²) in [7, 11) is 0.519. The summed E-state index contributed by atoms with van der Waals surface area (Å²) in [5.74, 6) is 9.95. The number of rotatable bonds is 9. The molecule has 2 nitrogen and oxygen atoms in total. The van der Waals surface area contributed by atoms with Crippen LogP contribution in [0.25, 0.3) is 0 Å². The van der Waals surface area contributed by atoms with E-state index < -0.39 is 0 Å². The van der Waals surface area contributed by atoms with Gasteiger partial charge in [0, 0.05) is 24.1 Å². The molecule has 0 aliphatic carbocycles. The molecule has 0 N–H and O–H groups in total. The molecule has 0 saturated heterocycles. The maximum Gasteiger partial charge on any atom is 0.139 e. The number of allylic oxidation sites excluding steroid dienone is 1. The molecule has 2 aromatic carbocycles. The molecule has 0 fully saturated rings. The number of likely N-dealkylation sites (N-methyl/N-ethyl adjacent to an activating group) is 1. The molecule has 0 bridgehead atoms. The molecule has 2 rings (SSSR count). The van der Waals surface area contributed by atoms with E-state index in [2.05, 4.69) is 101 Å². The molecule has 3 heteroatoms. The summed E-state index contributed by atoms with van der Waals surface area (Å²) in [6, 6.07) is 16.6. The number of hydrogen-bond acceptors (Lipinski definition) is 2. The van der Waals surface area contributed by atoms with E-state index in [4.69, 9.17) is 11.2 Å². The SMILES string of the molecule is C#Cc1ccc([Si]C(C)(C)Oc2cccc(CN(CC)CC=CC#CC(C)(C)C)c2)cc1. The number of nitrogens with zero attached hydrogens (tertiary/aromatic N) is 1. The lowest BCUT2D eigenvalue weighted by Crippen LogP contribution is -2.42. The standard InChI is InChI=1S/C29H35NOSi/c1-8-24-16-18-27(19-17-24)32-29(6,7)31-26-15-13-14-25(22-26)23-30(9-2)21-12-10-11-20-28(3,4)5/h1,10,12-19,22H,9,21,23H2,2-7H3. The predicted molar refractivity (Wildman–Crippen MR) is 138 cm³/mol. The van der Waals surface area contributed by atoms with Crippen molar-refractivity contribution in [1.29, 1.82) is 0 Å². The van der Waals surface area contributed by atoms with Gasteiger partial charge in [-0.2, -0.15) is 0 Å². The smallest absolute Gasteiger partial charge is 0.139 e. The van der Waals surface area contributed by atoms with Crippen LogP contribution in [0, 0.1) is 29.6 Å². The zero-order valence-electron chi connectivity index (χ0n) is 20.3. The largest absolute Gasteiger partial charge is 0.492 e. The Bertz CT molecular complexity index is 994. The van der Waals surface area contributed by atoms with Gasteiger partial charge in [-0.15, -0.1) is 6.42 Å². The first-order valence-corrected chi connectivity index (χ1v) is 12.1. The van der Waals surface area contributed by atoms with Gasteiger partial charge in [-0.25, -0.2) is 0 Å². The maximum atomic E-state index is 6.38. The summed E-state index contributed by atoms with van der Waals surface area (Å²) in [6.45, 7) is 15.5. The highest BCUT2D eigenvalue weighted by molar-refractivity contribution is 6.56. The van der Waals surface area contributed by atoms with Crippen molar-refractivity contribution >= 4 is 14.7 Å². The number of terminal acetylenes is 1. The fourth-order valence-electron chi connectivity index (χ4n) is 3.11. The summed E-state index contributed by atoms with van der Waals surface area (Å²) >= 11 is 0. The van der Waals surface area contributed by atoms with Crippen LogP contribution < -0.4 is 9.92 Å². The van der Waals surface area contributed by atoms with Gasteiger partial charge in [-0.05, 0) is 77.1 Å². The Labute approximate surface area is 197 Å². The van der Waals surface area contributed by atoms with Crippen LogP contribution in [-0.2, 0) is 6.54 Å². The molecule has 0 amide bonds. The molecule has 0 saturated carbocycles. The van der Waals surface area contributed by atoms with Crippen molar-refractivity contribution < 1.29 is 4.74 Å². The van der Waals surface area contributed by atoms with E-state index in [1.165, 1.54) is 10.8 Å². The zero-order chi connectivity index (χ0) is 23.6. The van der Waals surface area contributed by atoms with Gasteiger partial charge in [0.1, 0.15) is 15.3 Å². The lowest BCUT2D eigenvalue weighted by Gasteiger charge is -2.27. The van der Waals surface area contributed by atoms with Crippen molar-refractivity contribution in [1.82, 2.24) is 4.90 Å². The van der Waals surface area contributed by atoms with Gasteiger partial charge in [0.25, 0.3) is 0 Å². The highest BCUT2D eigenvalue weighted by Crippen LogP contribution is 2.20. The van der Waals surface area contributed by atoms with E-state index in [0.717, 1.165) is 30.9 Å². The van der Waals surface area contributed by atoms with Gasteiger partial charge in [-0.3, -0.25) is 4.90 Å². The van der Waals surface area contributed by atoms with E-state index in [1.807, 2.05) is 24.3 Å². The summed E-state index contributed by atoms with van der Waals surface area (Å²) in [4.78, 5) is 2.38. The molecule has 166 valence electrons. The van der Waals surface area contributed by atoms with E-state index in [0.29, 0.717) is 9.52 Å². The van der Waals surface area contributed by atoms with Gasteiger partial charge >= 0.3 is 0 Å². The molecule has 0 aromatic heterocycles. The molecular weight excluding hydrogens is 406 g/mol. The van der Waals surface area contributed by atoms with Crippen molar-refractivity contribution in [3.63, 3.8) is 0 Å². The average Bonchev–Trinajstić information content (AvgIpc) is 2.72. The van der Waals surface area contributed by atoms with Crippen LogP contribution in [0.4, 0.5) is 0 Å². The number of hydrogen-bond donors (Lipinski definition) is 0. The Kier molecular flexibility index (Phi) is 9.39. The predicted octanol–water partition coefficient (Wildman–Crippen LogP) is 5.24. The zero-order valence-corrected chi connectivity index (χ0v) is 21.3. The fraction of sp³-hybridized carbons (Fsp3) is 0.379. The fourth-order valence-corrected chi connectivity index (χ4v) is 4.30. The molecule has 32 heavy (non-hydrogen) atoms. The number of ether oxygens (including phenoxy) is 1. The Balaban J connectivity index is 1.98. The van der Waals surface area contributed by atoms with Crippen LogP contribution in [0.1, 0.15) is 52.7 Å². The van der Waals surface area contributed by atoms with E-state index in [9.17, 15) is 0 Å². The third-order valence-electron chi connectivity index (χ3n) is 4.63. The van der Waals surface area contributed by atoms with Crippen molar-refractivity contribution in [3.05, 3.63) is 71.8 Å². The van der Waals surface area contributed by atoms with Crippen LogP contribution in [0.2, 0.25) is 0 Å². The maximum absolute atomic E-state index is 6.38. The first-order chi connectivity index (χ1) is 15.1. The minimum atomic E-state index is -0.296. The molecule has 0 atom stereocenters. The second-order valence-electron chi connectivity index (χ2n) is 9.36. The molecule has 2 radical (unpaired) electrons. The quantitative estimate of drug-likeness (QED) is 0.390. The summed E-state index contributed by atoms with van der Waals surface area (Å²) in [5.41, 5.74) is 2.19. The van der Waals surface area contributed by atoms with Gasteiger partial charge < -0.3 is 4.74 Å². The molecule has 2 aromatic rings. The number of benzene rings is 2. The van der Waals surface area contributed by atoms with Gasteiger partial charge in [0.15, 0.2) is 0 Å². The third-order valence-corrected chi connectivity index (χ3v) is 5.96. The lowest BCUT2D eigenvalue weighted by atomic mass is 9.98. The van der Waals surface area contributed by atoms with E-state index >= 15 is 0 Å². The Morgan fingerprint density at radius 2 is 1.78 bits per heavy atom. The summed E-state index contributed by atoms with van der Waals surface area (Å²) in [6.07, 6.45) is 9.56. The van der Waals surface area contributed by atoms with Crippen molar-refractivity contribution in [2.24, 2.45) is 5.41 Å². The average molecular weight is 442 g/mol. The molecule has 0 aliphatic rings. The topological polar surface area (TPSA) is 12.5 Å². The van der Waals surface area contributed by atoms with Crippen LogP contribution in [-0.4, -0.2) is 32.7 Å². The lowest BCUT2D eigenvalue weighted by molar-refractivity contribution is 0.195. The Morgan fingerprint density at radius 1 is 1.06 bits per heavy atom. The monoisotopic (exact) mass is 441 g/mol. The second-order valence-corrected chi connectivity index (χ2v) is 11.4. The third kappa shape index (κ3) is 9.61. The normalized spacial score (nSPS) is 11.8. The minimum Gasteiger partial charge on any atom is -0.492 e. The van der Waals surface area contributed by atoms with Gasteiger partial charge in [-0.1, -0.05) is 60.2 Å². The van der Waals surface area contributed by atoms with Crippen molar-refractivity contribution in [2.45, 2.75) is 53.3 Å². The van der Waals surface area contributed by atoms with Gasteiger partial charge in [0.2, 0.25) is 0 Å². The van der Waals surface area contributed by atoms with E-state index in [1.54, 1.807) is 0 Å². The van der Waals surface area contributed by atoms with Crippen LogP contribution in [0.3, 0.4) is 0 Å². The van der Waals surface area contributed by atoms with Gasteiger partial charge in [0.05, 0.1) is 5.22 Å². The van der Waals surface area contributed by atoms with E-state index in [-0.39, 0.29) is 10.6 Å².